The van der Waals surface area contributed by atoms with E-state index in [1.54, 1.807) is 7.11 Å². The highest BCUT2D eigenvalue weighted by atomic mass is 16.5. The molecule has 1 aliphatic carbocycles. The quantitative estimate of drug-likeness (QED) is 0.782. The molecule has 0 amide bonds. The van der Waals surface area contributed by atoms with E-state index in [9.17, 15) is 0 Å². The standard InChI is InChI=1S/C14H24N4O2/c1-11(14-15-13(16-20-14)12-3-4-12)18-7-5-17(6-8-18)9-10-19-2/h11-12H,3-10H2,1-2H3/t11-/m0/s1. The van der Waals surface area contributed by atoms with Gasteiger partial charge in [-0.2, -0.15) is 4.98 Å². The van der Waals surface area contributed by atoms with Crippen molar-refractivity contribution in [3.05, 3.63) is 11.7 Å². The number of ether oxygens (including phenoxy) is 1. The first-order chi connectivity index (χ1) is 9.78. The lowest BCUT2D eigenvalue weighted by atomic mass is 10.2. The van der Waals surface area contributed by atoms with Crippen LogP contribution in [0.1, 0.15) is 43.4 Å². The minimum atomic E-state index is 0.222. The van der Waals surface area contributed by atoms with Crippen molar-refractivity contribution in [2.45, 2.75) is 31.7 Å². The first kappa shape index (κ1) is 14.0. The summed E-state index contributed by atoms with van der Waals surface area (Å²) < 4.78 is 10.6. The topological polar surface area (TPSA) is 54.6 Å². The van der Waals surface area contributed by atoms with Crippen molar-refractivity contribution < 1.29 is 9.26 Å². The second-order valence-corrected chi connectivity index (χ2v) is 5.81. The predicted molar refractivity (Wildman–Crippen MR) is 74.6 cm³/mol. The van der Waals surface area contributed by atoms with Gasteiger partial charge in [0.05, 0.1) is 12.6 Å². The van der Waals surface area contributed by atoms with Gasteiger partial charge in [0.25, 0.3) is 0 Å². The summed E-state index contributed by atoms with van der Waals surface area (Å²) in [5, 5.41) is 4.11. The predicted octanol–water partition coefficient (Wildman–Crippen LogP) is 1.27. The maximum absolute atomic E-state index is 5.44. The van der Waals surface area contributed by atoms with Gasteiger partial charge in [0, 0.05) is 45.8 Å². The highest BCUT2D eigenvalue weighted by Gasteiger charge is 2.31. The third kappa shape index (κ3) is 3.19. The Morgan fingerprint density at radius 1 is 1.30 bits per heavy atom. The maximum Gasteiger partial charge on any atom is 0.243 e. The third-order valence-electron chi connectivity index (χ3n) is 4.32. The molecule has 3 rings (SSSR count). The Kier molecular flexibility index (Phi) is 4.33. The molecule has 1 aromatic rings. The normalized spacial score (nSPS) is 23.1. The van der Waals surface area contributed by atoms with Crippen LogP contribution in [0, 0.1) is 0 Å². The number of rotatable bonds is 6. The molecule has 2 fully saturated rings. The van der Waals surface area contributed by atoms with Gasteiger partial charge in [0.2, 0.25) is 5.89 Å². The Bertz CT molecular complexity index is 425. The Balaban J connectivity index is 1.51. The summed E-state index contributed by atoms with van der Waals surface area (Å²) in [7, 11) is 1.76. The zero-order valence-electron chi connectivity index (χ0n) is 12.4. The summed E-state index contributed by atoms with van der Waals surface area (Å²) >= 11 is 0. The molecule has 6 nitrogen and oxygen atoms in total. The lowest BCUT2D eigenvalue weighted by molar-refractivity contribution is 0.0697. The summed E-state index contributed by atoms with van der Waals surface area (Å²) in [6.07, 6.45) is 2.43. The smallest absolute Gasteiger partial charge is 0.243 e. The maximum atomic E-state index is 5.44. The van der Waals surface area contributed by atoms with Crippen LogP contribution in [0.3, 0.4) is 0 Å². The molecule has 2 aliphatic rings. The summed E-state index contributed by atoms with van der Waals surface area (Å²) in [5.74, 6) is 2.24. The highest BCUT2D eigenvalue weighted by Crippen LogP contribution is 2.38. The van der Waals surface area contributed by atoms with Gasteiger partial charge < -0.3 is 9.26 Å². The Morgan fingerprint density at radius 3 is 2.70 bits per heavy atom. The SMILES string of the molecule is COCCN1CCN([C@@H](C)c2nc(C3CC3)no2)CC1. The second-order valence-electron chi connectivity index (χ2n) is 5.81. The minimum absolute atomic E-state index is 0.222. The number of hydrogen-bond donors (Lipinski definition) is 0. The van der Waals surface area contributed by atoms with Gasteiger partial charge in [0.1, 0.15) is 0 Å². The molecule has 1 saturated carbocycles. The van der Waals surface area contributed by atoms with E-state index >= 15 is 0 Å². The van der Waals surface area contributed by atoms with Crippen molar-refractivity contribution in [2.75, 3.05) is 46.4 Å². The molecular formula is C14H24N4O2. The van der Waals surface area contributed by atoms with E-state index in [1.165, 1.54) is 12.8 Å². The van der Waals surface area contributed by atoms with E-state index in [4.69, 9.17) is 9.26 Å². The lowest BCUT2D eigenvalue weighted by Crippen LogP contribution is -2.47. The zero-order chi connectivity index (χ0) is 13.9. The van der Waals surface area contributed by atoms with Crippen LogP contribution in [0.4, 0.5) is 0 Å². The Morgan fingerprint density at radius 2 is 2.05 bits per heavy atom. The van der Waals surface area contributed by atoms with Crippen molar-refractivity contribution in [3.8, 4) is 0 Å². The van der Waals surface area contributed by atoms with Crippen LogP contribution in [0.2, 0.25) is 0 Å². The van der Waals surface area contributed by atoms with Gasteiger partial charge in [-0.25, -0.2) is 0 Å². The van der Waals surface area contributed by atoms with Crippen molar-refractivity contribution in [1.82, 2.24) is 19.9 Å². The molecule has 112 valence electrons. The van der Waals surface area contributed by atoms with Gasteiger partial charge >= 0.3 is 0 Å². The van der Waals surface area contributed by atoms with Crippen molar-refractivity contribution in [3.63, 3.8) is 0 Å². The van der Waals surface area contributed by atoms with Gasteiger partial charge in [-0.15, -0.1) is 0 Å². The summed E-state index contributed by atoms with van der Waals surface area (Å²) in [4.78, 5) is 9.43. The summed E-state index contributed by atoms with van der Waals surface area (Å²) in [6.45, 7) is 8.25. The van der Waals surface area contributed by atoms with Gasteiger partial charge in [0.15, 0.2) is 5.82 Å². The van der Waals surface area contributed by atoms with Gasteiger partial charge in [-0.1, -0.05) is 5.16 Å². The fourth-order valence-electron chi connectivity index (χ4n) is 2.68. The molecule has 6 heteroatoms. The molecule has 1 aliphatic heterocycles. The highest BCUT2D eigenvalue weighted by molar-refractivity contribution is 5.04. The monoisotopic (exact) mass is 280 g/mol. The molecule has 0 spiro atoms. The average molecular weight is 280 g/mol. The number of nitrogens with zero attached hydrogens (tertiary/aromatic N) is 4. The Hall–Kier alpha value is -0.980. The zero-order valence-corrected chi connectivity index (χ0v) is 12.4. The molecule has 1 atom stereocenters. The van der Waals surface area contributed by atoms with E-state index < -0.39 is 0 Å². The van der Waals surface area contributed by atoms with Crippen LogP contribution in [-0.4, -0.2) is 66.4 Å². The van der Waals surface area contributed by atoms with Crippen LogP contribution >= 0.6 is 0 Å². The van der Waals surface area contributed by atoms with Crippen LogP contribution in [0.15, 0.2) is 4.52 Å². The molecule has 1 aromatic heterocycles. The van der Waals surface area contributed by atoms with E-state index in [0.29, 0.717) is 5.92 Å². The summed E-state index contributed by atoms with van der Waals surface area (Å²) in [5.41, 5.74) is 0. The molecule has 0 unspecified atom stereocenters. The number of hydrogen-bond acceptors (Lipinski definition) is 6. The largest absolute Gasteiger partial charge is 0.383 e. The van der Waals surface area contributed by atoms with Crippen LogP contribution in [-0.2, 0) is 4.74 Å². The van der Waals surface area contributed by atoms with Crippen molar-refractivity contribution in [1.29, 1.82) is 0 Å². The third-order valence-corrected chi connectivity index (χ3v) is 4.32. The number of methoxy groups -OCH3 is 1. The van der Waals surface area contributed by atoms with Crippen LogP contribution in [0.25, 0.3) is 0 Å². The minimum Gasteiger partial charge on any atom is -0.383 e. The molecular weight excluding hydrogens is 256 g/mol. The molecule has 0 aromatic carbocycles. The lowest BCUT2D eigenvalue weighted by Gasteiger charge is -2.36. The number of piperazine rings is 1. The second kappa shape index (κ2) is 6.20. The van der Waals surface area contributed by atoms with Crippen molar-refractivity contribution >= 4 is 0 Å². The van der Waals surface area contributed by atoms with Crippen molar-refractivity contribution in [2.24, 2.45) is 0 Å². The number of aromatic nitrogens is 2. The molecule has 0 bridgehead atoms. The fourth-order valence-corrected chi connectivity index (χ4v) is 2.68. The van der Waals surface area contributed by atoms with E-state index in [1.807, 2.05) is 0 Å². The van der Waals surface area contributed by atoms with Crippen LogP contribution in [0.5, 0.6) is 0 Å². The van der Waals surface area contributed by atoms with E-state index in [0.717, 1.165) is 51.0 Å². The van der Waals surface area contributed by atoms with E-state index in [2.05, 4.69) is 26.9 Å². The first-order valence-electron chi connectivity index (χ1n) is 7.56. The van der Waals surface area contributed by atoms with Crippen LogP contribution < -0.4 is 0 Å². The van der Waals surface area contributed by atoms with E-state index in [-0.39, 0.29) is 6.04 Å². The van der Waals surface area contributed by atoms with Gasteiger partial charge in [-0.05, 0) is 19.8 Å². The average Bonchev–Trinajstić information content (AvgIpc) is 3.22. The van der Waals surface area contributed by atoms with Gasteiger partial charge in [-0.3, -0.25) is 9.80 Å². The molecule has 20 heavy (non-hydrogen) atoms. The fraction of sp³-hybridized carbons (Fsp3) is 0.857. The molecule has 2 heterocycles. The summed E-state index contributed by atoms with van der Waals surface area (Å²) in [6, 6.07) is 0.222. The molecule has 1 saturated heterocycles. The first-order valence-corrected chi connectivity index (χ1v) is 7.56. The molecule has 0 N–H and O–H groups in total. The Labute approximate surface area is 120 Å². The molecule has 0 radical (unpaired) electrons.